The van der Waals surface area contributed by atoms with Gasteiger partial charge in [-0.05, 0) is 26.0 Å². The Bertz CT molecular complexity index is 823. The van der Waals surface area contributed by atoms with Crippen molar-refractivity contribution in [1.29, 1.82) is 0 Å². The standard InChI is InChI=1S/C17H20N6O2/c1-11-14(16(24)22-7-9-25-10-8-22)15(13-5-3-4-6-18-13)23-17(19-11)20-12(2)21-23/h3-6,15H,7-10H2,1-2H3,(H,19,20,21)/t15-/m0/s1. The van der Waals surface area contributed by atoms with Crippen LogP contribution in [-0.4, -0.2) is 56.9 Å². The third-order valence-electron chi connectivity index (χ3n) is 4.46. The van der Waals surface area contributed by atoms with Crippen LogP contribution in [0.3, 0.4) is 0 Å². The number of hydrogen-bond donors (Lipinski definition) is 1. The third-order valence-corrected chi connectivity index (χ3v) is 4.46. The number of nitrogens with zero attached hydrogens (tertiary/aromatic N) is 5. The Morgan fingerprint density at radius 2 is 2.08 bits per heavy atom. The highest BCUT2D eigenvalue weighted by Crippen LogP contribution is 2.35. The minimum Gasteiger partial charge on any atom is -0.378 e. The number of aryl methyl sites for hydroxylation is 1. The van der Waals surface area contributed by atoms with Gasteiger partial charge in [0.15, 0.2) is 0 Å². The van der Waals surface area contributed by atoms with E-state index in [1.165, 1.54) is 0 Å². The van der Waals surface area contributed by atoms with Crippen LogP contribution in [0.25, 0.3) is 0 Å². The van der Waals surface area contributed by atoms with E-state index in [1.807, 2.05) is 36.9 Å². The van der Waals surface area contributed by atoms with Crippen molar-refractivity contribution in [3.8, 4) is 0 Å². The van der Waals surface area contributed by atoms with E-state index in [1.54, 1.807) is 10.9 Å². The van der Waals surface area contributed by atoms with Gasteiger partial charge in [0, 0.05) is 25.0 Å². The van der Waals surface area contributed by atoms with Crippen molar-refractivity contribution in [2.75, 3.05) is 31.6 Å². The largest absolute Gasteiger partial charge is 0.378 e. The molecule has 130 valence electrons. The first-order chi connectivity index (χ1) is 12.1. The van der Waals surface area contributed by atoms with Crippen molar-refractivity contribution >= 4 is 11.9 Å². The van der Waals surface area contributed by atoms with Crippen LogP contribution in [0.4, 0.5) is 5.95 Å². The van der Waals surface area contributed by atoms with Crippen molar-refractivity contribution in [1.82, 2.24) is 24.6 Å². The van der Waals surface area contributed by atoms with Gasteiger partial charge in [-0.15, -0.1) is 0 Å². The van der Waals surface area contributed by atoms with Crippen molar-refractivity contribution in [2.45, 2.75) is 19.9 Å². The van der Waals surface area contributed by atoms with Gasteiger partial charge in [0.2, 0.25) is 5.95 Å². The van der Waals surface area contributed by atoms with Gasteiger partial charge in [0.1, 0.15) is 11.9 Å². The smallest absolute Gasteiger partial charge is 0.254 e. The molecule has 1 fully saturated rings. The van der Waals surface area contributed by atoms with Gasteiger partial charge in [-0.2, -0.15) is 10.1 Å². The fraction of sp³-hybridized carbons (Fsp3) is 0.412. The number of amides is 1. The molecule has 2 aromatic heterocycles. The molecular formula is C17H20N6O2. The number of anilines is 1. The average molecular weight is 340 g/mol. The number of morpholine rings is 1. The van der Waals surface area contributed by atoms with E-state index in [-0.39, 0.29) is 5.91 Å². The van der Waals surface area contributed by atoms with Gasteiger partial charge >= 0.3 is 0 Å². The first kappa shape index (κ1) is 15.8. The molecule has 8 heteroatoms. The summed E-state index contributed by atoms with van der Waals surface area (Å²) in [6, 6.07) is 5.29. The summed E-state index contributed by atoms with van der Waals surface area (Å²) in [5.74, 6) is 1.27. The molecule has 0 aliphatic carbocycles. The zero-order chi connectivity index (χ0) is 17.4. The van der Waals surface area contributed by atoms with E-state index in [4.69, 9.17) is 4.74 Å². The van der Waals surface area contributed by atoms with E-state index in [0.717, 1.165) is 11.4 Å². The molecule has 0 spiro atoms. The van der Waals surface area contributed by atoms with E-state index < -0.39 is 6.04 Å². The van der Waals surface area contributed by atoms with Gasteiger partial charge in [-0.1, -0.05) is 6.07 Å². The number of aromatic nitrogens is 4. The van der Waals surface area contributed by atoms with E-state index in [9.17, 15) is 4.79 Å². The molecule has 2 aliphatic heterocycles. The van der Waals surface area contributed by atoms with E-state index in [0.29, 0.717) is 43.6 Å². The molecule has 0 aromatic carbocycles. The maximum atomic E-state index is 13.2. The quantitative estimate of drug-likeness (QED) is 0.882. The lowest BCUT2D eigenvalue weighted by Gasteiger charge is -2.33. The third kappa shape index (κ3) is 2.78. The number of fused-ring (bicyclic) bond motifs is 1. The monoisotopic (exact) mass is 340 g/mol. The molecule has 0 saturated carbocycles. The lowest BCUT2D eigenvalue weighted by atomic mass is 9.98. The first-order valence-corrected chi connectivity index (χ1v) is 8.34. The number of allylic oxidation sites excluding steroid dienone is 1. The molecule has 1 atom stereocenters. The first-order valence-electron chi connectivity index (χ1n) is 8.34. The maximum absolute atomic E-state index is 13.2. The van der Waals surface area contributed by atoms with Crippen LogP contribution in [0.1, 0.15) is 24.5 Å². The molecular weight excluding hydrogens is 320 g/mol. The summed E-state index contributed by atoms with van der Waals surface area (Å²) >= 11 is 0. The Balaban J connectivity index is 1.80. The molecule has 2 aliphatic rings. The van der Waals surface area contributed by atoms with Crippen molar-refractivity contribution in [2.24, 2.45) is 0 Å². The molecule has 2 aromatic rings. The molecule has 25 heavy (non-hydrogen) atoms. The molecule has 1 N–H and O–H groups in total. The molecule has 1 saturated heterocycles. The maximum Gasteiger partial charge on any atom is 0.254 e. The minimum absolute atomic E-state index is 0.0113. The van der Waals surface area contributed by atoms with Crippen LogP contribution < -0.4 is 5.32 Å². The summed E-state index contributed by atoms with van der Waals surface area (Å²) in [6.45, 7) is 6.04. The molecule has 0 unspecified atom stereocenters. The topological polar surface area (TPSA) is 85.2 Å². The second-order valence-electron chi connectivity index (χ2n) is 6.15. The Labute approximate surface area is 145 Å². The van der Waals surface area contributed by atoms with Crippen molar-refractivity contribution in [3.63, 3.8) is 0 Å². The van der Waals surface area contributed by atoms with Gasteiger partial charge < -0.3 is 15.0 Å². The molecule has 4 rings (SSSR count). The summed E-state index contributed by atoms with van der Waals surface area (Å²) in [4.78, 5) is 24.0. The highest BCUT2D eigenvalue weighted by molar-refractivity contribution is 5.96. The number of carbonyl (C=O) groups excluding carboxylic acids is 1. The zero-order valence-corrected chi connectivity index (χ0v) is 14.3. The Morgan fingerprint density at radius 3 is 2.80 bits per heavy atom. The Hall–Kier alpha value is -2.74. The average Bonchev–Trinajstić information content (AvgIpc) is 3.01. The van der Waals surface area contributed by atoms with Gasteiger partial charge in [-0.3, -0.25) is 9.78 Å². The lowest BCUT2D eigenvalue weighted by Crippen LogP contribution is -2.44. The normalized spacial score (nSPS) is 20.2. The highest BCUT2D eigenvalue weighted by atomic mass is 16.5. The predicted molar refractivity (Wildman–Crippen MR) is 90.9 cm³/mol. The summed E-state index contributed by atoms with van der Waals surface area (Å²) in [7, 11) is 0. The second-order valence-corrected chi connectivity index (χ2v) is 6.15. The summed E-state index contributed by atoms with van der Waals surface area (Å²) in [5, 5.41) is 7.71. The second kappa shape index (κ2) is 6.29. The van der Waals surface area contributed by atoms with Crippen LogP contribution in [-0.2, 0) is 9.53 Å². The number of ether oxygens (including phenoxy) is 1. The van der Waals surface area contributed by atoms with Crippen LogP contribution in [0.15, 0.2) is 35.7 Å². The van der Waals surface area contributed by atoms with E-state index >= 15 is 0 Å². The summed E-state index contributed by atoms with van der Waals surface area (Å²) in [6.07, 6.45) is 1.73. The van der Waals surface area contributed by atoms with Crippen molar-refractivity contribution < 1.29 is 9.53 Å². The highest BCUT2D eigenvalue weighted by Gasteiger charge is 2.36. The molecule has 4 heterocycles. The zero-order valence-electron chi connectivity index (χ0n) is 14.3. The summed E-state index contributed by atoms with van der Waals surface area (Å²) in [5.41, 5.74) is 2.20. The number of nitrogens with one attached hydrogen (secondary N) is 1. The van der Waals surface area contributed by atoms with Crippen LogP contribution in [0, 0.1) is 6.92 Å². The Morgan fingerprint density at radius 1 is 1.28 bits per heavy atom. The van der Waals surface area contributed by atoms with Crippen LogP contribution in [0.5, 0.6) is 0 Å². The van der Waals surface area contributed by atoms with E-state index in [2.05, 4.69) is 20.4 Å². The number of hydrogen-bond acceptors (Lipinski definition) is 6. The van der Waals surface area contributed by atoms with Crippen LogP contribution in [0.2, 0.25) is 0 Å². The minimum atomic E-state index is -0.394. The number of pyridine rings is 1. The molecule has 0 radical (unpaired) electrons. The summed E-state index contributed by atoms with van der Waals surface area (Å²) < 4.78 is 7.12. The SMILES string of the molecule is CC1=C(C(=O)N2CCOCC2)[C@H](c2ccccn2)n2nc(C)nc2N1. The van der Waals surface area contributed by atoms with Crippen LogP contribution >= 0.6 is 0 Å². The van der Waals surface area contributed by atoms with Gasteiger partial charge in [0.25, 0.3) is 5.91 Å². The molecule has 8 nitrogen and oxygen atoms in total. The number of carbonyl (C=O) groups is 1. The molecule has 1 amide bonds. The predicted octanol–water partition coefficient (Wildman–Crippen LogP) is 1.13. The van der Waals surface area contributed by atoms with Crippen molar-refractivity contribution in [3.05, 3.63) is 47.2 Å². The fourth-order valence-corrected chi connectivity index (χ4v) is 3.28. The number of rotatable bonds is 2. The fourth-order valence-electron chi connectivity index (χ4n) is 3.28. The molecule has 0 bridgehead atoms. The lowest BCUT2D eigenvalue weighted by molar-refractivity contribution is -0.131. The Kier molecular flexibility index (Phi) is 3.96. The van der Waals surface area contributed by atoms with Gasteiger partial charge in [0.05, 0.1) is 24.5 Å². The van der Waals surface area contributed by atoms with Gasteiger partial charge in [-0.25, -0.2) is 4.68 Å².